The van der Waals surface area contributed by atoms with Gasteiger partial charge in [-0.25, -0.2) is 0 Å². The second kappa shape index (κ2) is 5.22. The molecular weight excluding hydrogens is 172 g/mol. The lowest BCUT2D eigenvalue weighted by Crippen LogP contribution is -2.01. The van der Waals surface area contributed by atoms with Crippen LogP contribution in [0.15, 0.2) is 42.5 Å². The van der Waals surface area contributed by atoms with Gasteiger partial charge in [-0.05, 0) is 11.5 Å². The summed E-state index contributed by atoms with van der Waals surface area (Å²) in [4.78, 5) is 0. The van der Waals surface area contributed by atoms with E-state index in [9.17, 15) is 0 Å². The average molecular weight is 184 g/mol. The Balaban J connectivity index is 0.000000396. The molecule has 0 atom stereocenters. The third kappa shape index (κ3) is 2.43. The van der Waals surface area contributed by atoms with Crippen molar-refractivity contribution in [2.45, 2.75) is 0 Å². The van der Waals surface area contributed by atoms with Gasteiger partial charge in [0.2, 0.25) is 0 Å². The summed E-state index contributed by atoms with van der Waals surface area (Å²) in [6, 6.07) is 14.9. The van der Waals surface area contributed by atoms with Gasteiger partial charge in [-0.2, -0.15) is 0 Å². The maximum Gasteiger partial charge on any atom is 1.47 e. The van der Waals surface area contributed by atoms with Gasteiger partial charge >= 0.3 is 25.4 Å². The zero-order valence-corrected chi connectivity index (χ0v) is 9.11. The van der Waals surface area contributed by atoms with Crippen LogP contribution in [0.5, 0.6) is 0 Å². The summed E-state index contributed by atoms with van der Waals surface area (Å²) in [5, 5.41) is 9.70. The van der Waals surface area contributed by atoms with Gasteiger partial charge in [-0.1, -0.05) is 30.3 Å². The van der Waals surface area contributed by atoms with Crippen LogP contribution in [0.1, 0.15) is 0 Å². The Morgan fingerprint density at radius 2 is 1.54 bits per heavy atom. The predicted molar refractivity (Wildman–Crippen MR) is 57.5 cm³/mol. The molecule has 7 radical (unpaired) electrons. The zero-order valence-electron chi connectivity index (χ0n) is 7.70. The Labute approximate surface area is 90.8 Å². The molecule has 0 aliphatic carbocycles. The molecule has 0 aliphatic heterocycles. The monoisotopic (exact) mass is 183 g/mol. The van der Waals surface area contributed by atoms with Crippen LogP contribution in [-0.2, 0) is 0 Å². The van der Waals surface area contributed by atoms with Crippen molar-refractivity contribution in [1.82, 2.24) is 0 Å². The summed E-state index contributed by atoms with van der Waals surface area (Å²) in [7, 11) is 1.00. The fourth-order valence-electron chi connectivity index (χ4n) is 1.29. The molecule has 1 nitrogen and oxygen atoms in total. The van der Waals surface area contributed by atoms with Crippen molar-refractivity contribution in [3.8, 4) is 0 Å². The van der Waals surface area contributed by atoms with Gasteiger partial charge < -0.3 is 5.11 Å². The standard InChI is InChI=1S/C10H7.CH4O.Mg/c1-2-6-10-8-4-3-7-9(10)5-1;1-2;/h1-7H;2H,1H3;/q;;+2. The zero-order chi connectivity index (χ0) is 9.68. The van der Waals surface area contributed by atoms with Crippen LogP contribution in [0.4, 0.5) is 0 Å². The number of aliphatic hydroxyl groups excluding tert-OH is 1. The van der Waals surface area contributed by atoms with E-state index >= 15 is 0 Å². The number of hydrogen-bond acceptors (Lipinski definition) is 1. The minimum atomic E-state index is 1.00. The van der Waals surface area contributed by atoms with Crippen LogP contribution in [0.2, 0.25) is 0 Å². The van der Waals surface area contributed by atoms with Crippen LogP contribution in [-0.4, -0.2) is 33.9 Å². The first-order valence-electron chi connectivity index (χ1n) is 4.12. The largest absolute Gasteiger partial charge is 1.47 e. The first-order valence-corrected chi connectivity index (χ1v) is 4.83. The van der Waals surface area contributed by atoms with E-state index in [1.165, 1.54) is 14.5 Å². The van der Waals surface area contributed by atoms with Crippen LogP contribution in [0, 0.1) is 0 Å². The maximum atomic E-state index is 7.00. The van der Waals surface area contributed by atoms with Crippen LogP contribution in [0.25, 0.3) is 10.8 Å². The van der Waals surface area contributed by atoms with Crippen LogP contribution < -0.4 is 3.69 Å². The van der Waals surface area contributed by atoms with Gasteiger partial charge in [-0.15, -0.1) is 0 Å². The summed E-state index contributed by atoms with van der Waals surface area (Å²) < 4.78 is 1.38. The normalized spacial score (nSPS) is 9.15. The van der Waals surface area contributed by atoms with E-state index in [1.807, 2.05) is 21.7 Å². The second-order valence-electron chi connectivity index (χ2n) is 2.64. The summed E-state index contributed by atoms with van der Waals surface area (Å²) in [5.74, 6) is 0. The first kappa shape index (κ1) is 10.5. The molecule has 0 heterocycles. The topological polar surface area (TPSA) is 20.2 Å². The summed E-state index contributed by atoms with van der Waals surface area (Å²) in [6.07, 6.45) is 0. The van der Waals surface area contributed by atoms with Crippen LogP contribution >= 0.6 is 0 Å². The Kier molecular flexibility index (Phi) is 4.22. The van der Waals surface area contributed by atoms with Gasteiger partial charge in [-0.3, -0.25) is 0 Å². The average Bonchev–Trinajstić information content (AvgIpc) is 2.22. The first-order chi connectivity index (χ1) is 6.38. The molecule has 0 spiro atoms. The molecule has 0 saturated carbocycles. The number of rotatable bonds is 0. The molecular formula is C11H11MgO+2. The van der Waals surface area contributed by atoms with E-state index in [2.05, 4.69) is 42.5 Å². The minimum Gasteiger partial charge on any atom is -0.400 e. The van der Waals surface area contributed by atoms with Crippen molar-refractivity contribution < 1.29 is 5.11 Å². The van der Waals surface area contributed by atoms with E-state index in [1.54, 1.807) is 0 Å². The van der Waals surface area contributed by atoms with Gasteiger partial charge in [0.1, 0.15) is 0 Å². The lowest BCUT2D eigenvalue weighted by atomic mass is 10.1. The summed E-state index contributed by atoms with van der Waals surface area (Å²) in [6.45, 7) is 0. The third-order valence-electron chi connectivity index (χ3n) is 1.88. The highest BCUT2D eigenvalue weighted by atomic mass is 24.4. The fourth-order valence-corrected chi connectivity index (χ4v) is 1.75. The summed E-state index contributed by atoms with van der Waals surface area (Å²) in [5.41, 5.74) is 0. The molecule has 2 rings (SSSR count). The Bertz CT molecular complexity index is 379. The Morgan fingerprint density at radius 3 is 2.23 bits per heavy atom. The molecule has 13 heavy (non-hydrogen) atoms. The van der Waals surface area contributed by atoms with E-state index < -0.39 is 0 Å². The van der Waals surface area contributed by atoms with Crippen LogP contribution in [0.3, 0.4) is 0 Å². The number of benzene rings is 2. The van der Waals surface area contributed by atoms with E-state index in [4.69, 9.17) is 5.11 Å². The van der Waals surface area contributed by atoms with Crippen molar-refractivity contribution in [3.05, 3.63) is 42.5 Å². The number of aliphatic hydroxyl groups is 1. The van der Waals surface area contributed by atoms with Gasteiger partial charge in [0.25, 0.3) is 0 Å². The van der Waals surface area contributed by atoms with Crippen molar-refractivity contribution in [2.75, 3.05) is 7.11 Å². The molecule has 0 unspecified atom stereocenters. The van der Waals surface area contributed by atoms with Gasteiger partial charge in [0, 0.05) is 13.2 Å². The fraction of sp³-hybridized carbons (Fsp3) is 0.0909. The second-order valence-corrected chi connectivity index (χ2v) is 3.40. The van der Waals surface area contributed by atoms with Crippen molar-refractivity contribution in [3.63, 3.8) is 0 Å². The molecule has 1 N–H and O–H groups in total. The van der Waals surface area contributed by atoms with Gasteiger partial charge in [0.05, 0.1) is 5.39 Å². The minimum absolute atomic E-state index is 1.00. The molecule has 2 aromatic carbocycles. The molecule has 0 aromatic heterocycles. The quantitative estimate of drug-likeness (QED) is 0.610. The third-order valence-corrected chi connectivity index (χ3v) is 2.50. The SMILES string of the molecule is CO.[Mg+2][c]1cccc2ccccc12. The molecule has 0 fully saturated rings. The molecule has 0 aliphatic rings. The highest BCUT2D eigenvalue weighted by Gasteiger charge is 2.32. The number of fused-ring (bicyclic) bond motifs is 1. The van der Waals surface area contributed by atoms with E-state index in [-0.39, 0.29) is 0 Å². The predicted octanol–water partition coefficient (Wildman–Crippen LogP) is 1.24. The van der Waals surface area contributed by atoms with E-state index in [0.717, 1.165) is 7.11 Å². The van der Waals surface area contributed by atoms with Crippen molar-refractivity contribution >= 4 is 36.2 Å². The molecule has 0 bridgehead atoms. The van der Waals surface area contributed by atoms with E-state index in [0.29, 0.717) is 0 Å². The highest BCUT2D eigenvalue weighted by Crippen LogP contribution is 2.08. The smallest absolute Gasteiger partial charge is 0.400 e. The molecule has 0 saturated heterocycles. The molecule has 2 heteroatoms. The van der Waals surface area contributed by atoms with Crippen molar-refractivity contribution in [2.24, 2.45) is 0 Å². The molecule has 61 valence electrons. The van der Waals surface area contributed by atoms with Gasteiger partial charge in [0.15, 0.2) is 0 Å². The molecule has 2 aromatic rings. The lowest BCUT2D eigenvalue weighted by Gasteiger charge is -1.89. The maximum absolute atomic E-state index is 7.00. The Morgan fingerprint density at radius 1 is 0.923 bits per heavy atom. The molecule has 0 amide bonds. The number of hydrogen-bond donors (Lipinski definition) is 1. The lowest BCUT2D eigenvalue weighted by molar-refractivity contribution is 0.399. The summed E-state index contributed by atoms with van der Waals surface area (Å²) >= 11 is 1.94. The highest BCUT2D eigenvalue weighted by molar-refractivity contribution is 6.38. The Hall–Kier alpha value is -0.574. The van der Waals surface area contributed by atoms with Crippen molar-refractivity contribution in [1.29, 1.82) is 0 Å².